The molecule has 5 nitrogen and oxygen atoms in total. The zero-order chi connectivity index (χ0) is 13.8. The Bertz CT molecular complexity index is 315. The average Bonchev–Trinajstić information content (AvgIpc) is 2.87. The van der Waals surface area contributed by atoms with Gasteiger partial charge in [0.2, 0.25) is 0 Å². The summed E-state index contributed by atoms with van der Waals surface area (Å²) in [5, 5.41) is 3.30. The Morgan fingerprint density at radius 1 is 1.21 bits per heavy atom. The van der Waals surface area contributed by atoms with E-state index in [0.717, 1.165) is 70.2 Å². The number of rotatable bonds is 12. The van der Waals surface area contributed by atoms with Gasteiger partial charge in [-0.15, -0.1) is 0 Å². The standard InChI is InChI=1S/C14H26N2O3/c1-3-18-10-5-6-13-12-16-14(19-13)7-4-8-15-9-11-17-2/h12,15H,3-11H2,1-2H3. The lowest BCUT2D eigenvalue weighted by molar-refractivity contribution is 0.144. The summed E-state index contributed by atoms with van der Waals surface area (Å²) in [6, 6.07) is 0. The molecule has 1 N–H and O–H groups in total. The van der Waals surface area contributed by atoms with E-state index in [0.29, 0.717) is 0 Å². The second kappa shape index (κ2) is 11.0. The van der Waals surface area contributed by atoms with E-state index in [1.165, 1.54) is 0 Å². The summed E-state index contributed by atoms with van der Waals surface area (Å²) in [5.74, 6) is 1.79. The number of aromatic nitrogens is 1. The number of nitrogens with one attached hydrogen (secondary N) is 1. The third kappa shape index (κ3) is 7.97. The minimum atomic E-state index is 0.753. The Morgan fingerprint density at radius 2 is 2.11 bits per heavy atom. The first-order chi connectivity index (χ1) is 9.36. The molecule has 0 atom stereocenters. The van der Waals surface area contributed by atoms with Crippen LogP contribution in [0.5, 0.6) is 0 Å². The Labute approximate surface area is 115 Å². The molecule has 110 valence electrons. The van der Waals surface area contributed by atoms with Crippen molar-refractivity contribution in [2.45, 2.75) is 32.6 Å². The Morgan fingerprint density at radius 3 is 2.89 bits per heavy atom. The number of ether oxygens (including phenoxy) is 2. The van der Waals surface area contributed by atoms with Gasteiger partial charge in [0, 0.05) is 39.7 Å². The highest BCUT2D eigenvalue weighted by molar-refractivity contribution is 4.94. The van der Waals surface area contributed by atoms with Gasteiger partial charge in [0.15, 0.2) is 5.89 Å². The molecule has 0 aliphatic heterocycles. The van der Waals surface area contributed by atoms with Gasteiger partial charge in [-0.05, 0) is 26.3 Å². The lowest BCUT2D eigenvalue weighted by Crippen LogP contribution is -2.20. The van der Waals surface area contributed by atoms with Gasteiger partial charge in [-0.2, -0.15) is 0 Å². The zero-order valence-electron chi connectivity index (χ0n) is 12.1. The largest absolute Gasteiger partial charge is 0.446 e. The van der Waals surface area contributed by atoms with Gasteiger partial charge in [0.1, 0.15) is 5.76 Å². The van der Waals surface area contributed by atoms with Crippen molar-refractivity contribution in [3.63, 3.8) is 0 Å². The van der Waals surface area contributed by atoms with E-state index in [-0.39, 0.29) is 0 Å². The number of methoxy groups -OCH3 is 1. The molecule has 0 saturated carbocycles. The molecule has 0 aliphatic rings. The van der Waals surface area contributed by atoms with Crippen molar-refractivity contribution in [1.82, 2.24) is 10.3 Å². The van der Waals surface area contributed by atoms with Crippen LogP contribution in [0.25, 0.3) is 0 Å². The van der Waals surface area contributed by atoms with Gasteiger partial charge in [-0.1, -0.05) is 0 Å². The molecule has 0 aromatic carbocycles. The van der Waals surface area contributed by atoms with Crippen molar-refractivity contribution in [2.75, 3.05) is 40.0 Å². The molecule has 0 saturated heterocycles. The fraction of sp³-hybridized carbons (Fsp3) is 0.786. The zero-order valence-corrected chi connectivity index (χ0v) is 12.1. The van der Waals surface area contributed by atoms with Gasteiger partial charge >= 0.3 is 0 Å². The first-order valence-electron chi connectivity index (χ1n) is 7.07. The molecule has 0 unspecified atom stereocenters. The molecule has 0 spiro atoms. The highest BCUT2D eigenvalue weighted by atomic mass is 16.5. The van der Waals surface area contributed by atoms with E-state index in [2.05, 4.69) is 10.3 Å². The van der Waals surface area contributed by atoms with Crippen molar-refractivity contribution in [2.24, 2.45) is 0 Å². The SMILES string of the molecule is CCOCCCc1cnc(CCCNCCOC)o1. The Hall–Kier alpha value is -0.910. The molecule has 1 rings (SSSR count). The smallest absolute Gasteiger partial charge is 0.194 e. The molecule has 19 heavy (non-hydrogen) atoms. The van der Waals surface area contributed by atoms with E-state index in [1.807, 2.05) is 13.1 Å². The van der Waals surface area contributed by atoms with Crippen LogP contribution in [-0.4, -0.2) is 45.0 Å². The van der Waals surface area contributed by atoms with Crippen LogP contribution < -0.4 is 5.32 Å². The van der Waals surface area contributed by atoms with Gasteiger partial charge in [0.25, 0.3) is 0 Å². The highest BCUT2D eigenvalue weighted by Crippen LogP contribution is 2.08. The number of hydrogen-bond donors (Lipinski definition) is 1. The van der Waals surface area contributed by atoms with Crippen molar-refractivity contribution >= 4 is 0 Å². The summed E-state index contributed by atoms with van der Waals surface area (Å²) in [5.41, 5.74) is 0. The molecule has 5 heteroatoms. The molecule has 0 radical (unpaired) electrons. The summed E-state index contributed by atoms with van der Waals surface area (Å²) in [6.45, 7) is 6.18. The predicted molar refractivity (Wildman–Crippen MR) is 74.4 cm³/mol. The lowest BCUT2D eigenvalue weighted by atomic mass is 10.3. The average molecular weight is 270 g/mol. The van der Waals surface area contributed by atoms with E-state index < -0.39 is 0 Å². The van der Waals surface area contributed by atoms with E-state index in [4.69, 9.17) is 13.9 Å². The Balaban J connectivity index is 2.06. The number of hydrogen-bond acceptors (Lipinski definition) is 5. The van der Waals surface area contributed by atoms with Crippen molar-refractivity contribution in [3.8, 4) is 0 Å². The highest BCUT2D eigenvalue weighted by Gasteiger charge is 2.03. The molecule has 1 aromatic rings. The van der Waals surface area contributed by atoms with Crippen LogP contribution in [0.15, 0.2) is 10.6 Å². The van der Waals surface area contributed by atoms with Gasteiger partial charge in [-0.3, -0.25) is 0 Å². The summed E-state index contributed by atoms with van der Waals surface area (Å²) in [6.07, 6.45) is 5.63. The third-order valence-corrected chi connectivity index (χ3v) is 2.74. The minimum absolute atomic E-state index is 0.753. The topological polar surface area (TPSA) is 56.5 Å². The van der Waals surface area contributed by atoms with Crippen LogP contribution in [0, 0.1) is 0 Å². The quantitative estimate of drug-likeness (QED) is 0.587. The Kier molecular flexibility index (Phi) is 9.32. The first kappa shape index (κ1) is 16.1. The van der Waals surface area contributed by atoms with Crippen LogP contribution in [0.1, 0.15) is 31.4 Å². The predicted octanol–water partition coefficient (Wildman–Crippen LogP) is 1.81. The fourth-order valence-corrected chi connectivity index (χ4v) is 1.74. The summed E-state index contributed by atoms with van der Waals surface area (Å²) in [7, 11) is 1.71. The summed E-state index contributed by atoms with van der Waals surface area (Å²) < 4.78 is 15.9. The lowest BCUT2D eigenvalue weighted by Gasteiger charge is -2.02. The molecule has 0 aliphatic carbocycles. The maximum Gasteiger partial charge on any atom is 0.194 e. The molecular weight excluding hydrogens is 244 g/mol. The first-order valence-corrected chi connectivity index (χ1v) is 7.07. The van der Waals surface area contributed by atoms with Crippen molar-refractivity contribution in [3.05, 3.63) is 17.8 Å². The van der Waals surface area contributed by atoms with E-state index in [1.54, 1.807) is 7.11 Å². The second-order valence-electron chi connectivity index (χ2n) is 4.37. The summed E-state index contributed by atoms with van der Waals surface area (Å²) in [4.78, 5) is 4.29. The maximum absolute atomic E-state index is 5.67. The monoisotopic (exact) mass is 270 g/mol. The van der Waals surface area contributed by atoms with Gasteiger partial charge in [0.05, 0.1) is 12.8 Å². The van der Waals surface area contributed by atoms with Crippen molar-refractivity contribution in [1.29, 1.82) is 0 Å². The molecule has 0 amide bonds. The molecule has 1 aromatic heterocycles. The third-order valence-electron chi connectivity index (χ3n) is 2.74. The number of aryl methyl sites for hydroxylation is 2. The van der Waals surface area contributed by atoms with Gasteiger partial charge in [-0.25, -0.2) is 4.98 Å². The molecule has 0 bridgehead atoms. The van der Waals surface area contributed by atoms with Crippen LogP contribution in [-0.2, 0) is 22.3 Å². The van der Waals surface area contributed by atoms with Crippen LogP contribution in [0.3, 0.4) is 0 Å². The van der Waals surface area contributed by atoms with Crippen molar-refractivity contribution < 1.29 is 13.9 Å². The van der Waals surface area contributed by atoms with Crippen LogP contribution in [0.4, 0.5) is 0 Å². The molecular formula is C14H26N2O3. The van der Waals surface area contributed by atoms with Gasteiger partial charge < -0.3 is 19.2 Å². The summed E-state index contributed by atoms with van der Waals surface area (Å²) >= 11 is 0. The number of nitrogens with zero attached hydrogens (tertiary/aromatic N) is 1. The van der Waals surface area contributed by atoms with Crippen LogP contribution in [0.2, 0.25) is 0 Å². The van der Waals surface area contributed by atoms with E-state index in [9.17, 15) is 0 Å². The minimum Gasteiger partial charge on any atom is -0.446 e. The van der Waals surface area contributed by atoms with E-state index >= 15 is 0 Å². The fourth-order valence-electron chi connectivity index (χ4n) is 1.74. The normalized spacial score (nSPS) is 11.1. The van der Waals surface area contributed by atoms with Crippen LogP contribution >= 0.6 is 0 Å². The number of oxazole rings is 1. The maximum atomic E-state index is 5.67. The second-order valence-corrected chi connectivity index (χ2v) is 4.37. The molecule has 0 fully saturated rings. The molecule has 1 heterocycles.